The number of hydrogen-bond donors (Lipinski definition) is 2. The largest absolute Gasteiger partial charge is 0.316 e. The number of benzene rings is 1. The minimum Gasteiger partial charge on any atom is -0.316 e. The molecule has 0 aliphatic carbocycles. The van der Waals surface area contributed by atoms with Crippen molar-refractivity contribution in [3.8, 4) is 11.3 Å². The molecule has 1 aliphatic rings. The fourth-order valence-corrected chi connectivity index (χ4v) is 3.92. The monoisotopic (exact) mass is 328 g/mol. The molecule has 116 valence electrons. The first-order chi connectivity index (χ1) is 11.1. The van der Waals surface area contributed by atoms with Gasteiger partial charge in [-0.3, -0.25) is 9.89 Å². The molecule has 5 nitrogen and oxygen atoms in total. The lowest BCUT2D eigenvalue weighted by atomic mass is 9.85. The van der Waals surface area contributed by atoms with Gasteiger partial charge in [0.1, 0.15) is 10.8 Å². The fourth-order valence-electron chi connectivity index (χ4n) is 3.04. The highest BCUT2D eigenvalue weighted by molar-refractivity contribution is 7.10. The number of aromatic amines is 1. The van der Waals surface area contributed by atoms with Crippen molar-refractivity contribution in [1.82, 2.24) is 14.6 Å². The minimum atomic E-state index is -0.307. The third-order valence-electron chi connectivity index (χ3n) is 4.06. The number of aromatic nitrogens is 3. The summed E-state index contributed by atoms with van der Waals surface area (Å²) in [6, 6.07) is 6.34. The van der Waals surface area contributed by atoms with Gasteiger partial charge in [-0.25, -0.2) is 4.39 Å². The van der Waals surface area contributed by atoms with Crippen LogP contribution < -0.4 is 5.32 Å². The van der Waals surface area contributed by atoms with Crippen LogP contribution in [0.1, 0.15) is 29.2 Å². The first kappa shape index (κ1) is 14.1. The highest BCUT2D eigenvalue weighted by Crippen LogP contribution is 2.43. The second-order valence-electron chi connectivity index (χ2n) is 5.53. The van der Waals surface area contributed by atoms with E-state index in [-0.39, 0.29) is 17.6 Å². The van der Waals surface area contributed by atoms with Gasteiger partial charge in [0, 0.05) is 29.0 Å². The van der Waals surface area contributed by atoms with E-state index in [1.807, 2.05) is 13.0 Å². The summed E-state index contributed by atoms with van der Waals surface area (Å²) >= 11 is 1.29. The number of amides is 1. The van der Waals surface area contributed by atoms with Crippen molar-refractivity contribution in [2.45, 2.75) is 19.3 Å². The van der Waals surface area contributed by atoms with Crippen LogP contribution >= 0.6 is 11.5 Å². The molecular weight excluding hydrogens is 315 g/mol. The first-order valence-electron chi connectivity index (χ1n) is 7.18. The molecule has 7 heteroatoms. The van der Waals surface area contributed by atoms with E-state index < -0.39 is 0 Å². The summed E-state index contributed by atoms with van der Waals surface area (Å²) in [5, 5.41) is 10.7. The molecule has 0 spiro atoms. The molecule has 1 unspecified atom stereocenters. The second-order valence-corrected chi connectivity index (χ2v) is 6.30. The van der Waals surface area contributed by atoms with Gasteiger partial charge in [-0.1, -0.05) is 12.1 Å². The summed E-state index contributed by atoms with van der Waals surface area (Å²) in [6.07, 6.45) is 2.04. The van der Waals surface area contributed by atoms with E-state index in [1.54, 1.807) is 12.3 Å². The maximum absolute atomic E-state index is 13.5. The van der Waals surface area contributed by atoms with Crippen LogP contribution in [0.4, 0.5) is 9.39 Å². The van der Waals surface area contributed by atoms with Gasteiger partial charge in [-0.15, -0.1) is 0 Å². The summed E-state index contributed by atoms with van der Waals surface area (Å²) in [4.78, 5) is 12.0. The summed E-state index contributed by atoms with van der Waals surface area (Å²) < 4.78 is 17.9. The predicted molar refractivity (Wildman–Crippen MR) is 85.9 cm³/mol. The van der Waals surface area contributed by atoms with Crippen molar-refractivity contribution >= 4 is 22.4 Å². The molecule has 1 atom stereocenters. The van der Waals surface area contributed by atoms with Crippen LogP contribution in [0, 0.1) is 12.7 Å². The highest BCUT2D eigenvalue weighted by atomic mass is 32.1. The Kier molecular flexibility index (Phi) is 3.23. The van der Waals surface area contributed by atoms with Gasteiger partial charge in [-0.2, -0.15) is 9.47 Å². The molecule has 3 aromatic rings. The van der Waals surface area contributed by atoms with Gasteiger partial charge in [0.05, 0.1) is 17.6 Å². The van der Waals surface area contributed by atoms with E-state index in [2.05, 4.69) is 19.9 Å². The van der Waals surface area contributed by atoms with Crippen molar-refractivity contribution in [2.24, 2.45) is 0 Å². The topological polar surface area (TPSA) is 70.7 Å². The normalized spacial score (nSPS) is 17.0. The highest BCUT2D eigenvalue weighted by Gasteiger charge is 2.32. The molecule has 0 fully saturated rings. The number of carbonyl (C=O) groups excluding carboxylic acids is 1. The van der Waals surface area contributed by atoms with Crippen LogP contribution in [0.5, 0.6) is 0 Å². The molecule has 1 aliphatic heterocycles. The minimum absolute atomic E-state index is 0.0439. The van der Waals surface area contributed by atoms with E-state index in [9.17, 15) is 9.18 Å². The van der Waals surface area contributed by atoms with Crippen LogP contribution in [0.3, 0.4) is 0 Å². The first-order valence-corrected chi connectivity index (χ1v) is 7.96. The molecule has 4 rings (SSSR count). The summed E-state index contributed by atoms with van der Waals surface area (Å²) in [7, 11) is 0. The predicted octanol–water partition coefficient (Wildman–Crippen LogP) is 3.45. The summed E-state index contributed by atoms with van der Waals surface area (Å²) in [6.45, 7) is 1.93. The molecule has 0 saturated heterocycles. The van der Waals surface area contributed by atoms with E-state index in [4.69, 9.17) is 0 Å². The molecule has 0 radical (unpaired) electrons. The van der Waals surface area contributed by atoms with Crippen molar-refractivity contribution in [3.63, 3.8) is 0 Å². The lowest BCUT2D eigenvalue weighted by molar-refractivity contribution is -0.116. The van der Waals surface area contributed by atoms with Gasteiger partial charge in [0.2, 0.25) is 5.91 Å². The Balaban J connectivity index is 1.85. The van der Waals surface area contributed by atoms with Crippen molar-refractivity contribution < 1.29 is 9.18 Å². The van der Waals surface area contributed by atoms with Gasteiger partial charge in [-0.05, 0) is 30.6 Å². The Morgan fingerprint density at radius 3 is 3.09 bits per heavy atom. The third kappa shape index (κ3) is 2.33. The Morgan fingerprint density at radius 2 is 2.26 bits per heavy atom. The molecule has 23 heavy (non-hydrogen) atoms. The number of anilines is 1. The summed E-state index contributed by atoms with van der Waals surface area (Å²) in [5.41, 5.74) is 4.26. The van der Waals surface area contributed by atoms with Crippen LogP contribution in [-0.2, 0) is 4.79 Å². The zero-order valence-electron chi connectivity index (χ0n) is 12.3. The van der Waals surface area contributed by atoms with Crippen molar-refractivity contribution in [1.29, 1.82) is 0 Å². The zero-order valence-corrected chi connectivity index (χ0v) is 13.1. The van der Waals surface area contributed by atoms with Crippen molar-refractivity contribution in [3.05, 3.63) is 53.1 Å². The molecule has 1 aromatic carbocycles. The number of rotatable bonds is 2. The standard InChI is InChI=1S/C16H13FN4OS/c1-8-14-11(6-13(22)19-16(14)23-21-8)12-7-18-20-15(12)9-3-2-4-10(17)5-9/h2-5,7,11H,6H2,1H3,(H,18,20)(H,19,22). The fraction of sp³-hybridized carbons (Fsp3) is 0.188. The average molecular weight is 328 g/mol. The lowest BCUT2D eigenvalue weighted by Crippen LogP contribution is -2.22. The molecule has 0 saturated carbocycles. The Labute approximate surface area is 135 Å². The average Bonchev–Trinajstić information content (AvgIpc) is 3.14. The molecular formula is C16H13FN4OS. The molecule has 3 heterocycles. The van der Waals surface area contributed by atoms with Crippen LogP contribution in [-0.4, -0.2) is 20.5 Å². The molecule has 1 amide bonds. The number of carbonyl (C=O) groups is 1. The zero-order chi connectivity index (χ0) is 16.0. The van der Waals surface area contributed by atoms with Crippen LogP contribution in [0.25, 0.3) is 11.3 Å². The number of fused-ring (bicyclic) bond motifs is 1. The maximum atomic E-state index is 13.5. The number of hydrogen-bond acceptors (Lipinski definition) is 4. The maximum Gasteiger partial charge on any atom is 0.225 e. The number of H-pyrrole nitrogens is 1. The smallest absolute Gasteiger partial charge is 0.225 e. The molecule has 2 aromatic heterocycles. The van der Waals surface area contributed by atoms with Gasteiger partial charge < -0.3 is 5.32 Å². The van der Waals surface area contributed by atoms with Crippen LogP contribution in [0.2, 0.25) is 0 Å². The van der Waals surface area contributed by atoms with E-state index in [1.165, 1.54) is 23.7 Å². The summed E-state index contributed by atoms with van der Waals surface area (Å²) in [5.74, 6) is -0.481. The molecule has 0 bridgehead atoms. The van der Waals surface area contributed by atoms with E-state index in [0.717, 1.165) is 27.5 Å². The molecule has 2 N–H and O–H groups in total. The van der Waals surface area contributed by atoms with Gasteiger partial charge >= 0.3 is 0 Å². The number of aryl methyl sites for hydroxylation is 1. The Bertz CT molecular complexity index is 901. The quantitative estimate of drug-likeness (QED) is 0.757. The Hall–Kier alpha value is -2.54. The SMILES string of the molecule is Cc1nsc2c1C(c1cn[nH]c1-c1cccc(F)c1)CC(=O)N2. The van der Waals surface area contributed by atoms with Crippen LogP contribution in [0.15, 0.2) is 30.5 Å². The Morgan fingerprint density at radius 1 is 1.39 bits per heavy atom. The van der Waals surface area contributed by atoms with Gasteiger partial charge in [0.25, 0.3) is 0 Å². The number of nitrogens with zero attached hydrogens (tertiary/aromatic N) is 2. The lowest BCUT2D eigenvalue weighted by Gasteiger charge is -2.23. The third-order valence-corrected chi connectivity index (χ3v) is 4.93. The number of halogens is 1. The van der Waals surface area contributed by atoms with E-state index in [0.29, 0.717) is 12.0 Å². The van der Waals surface area contributed by atoms with Gasteiger partial charge in [0.15, 0.2) is 0 Å². The number of nitrogens with one attached hydrogen (secondary N) is 2. The second kappa shape index (κ2) is 5.27. The van der Waals surface area contributed by atoms with E-state index >= 15 is 0 Å². The van der Waals surface area contributed by atoms with Crippen molar-refractivity contribution in [2.75, 3.05) is 5.32 Å².